The van der Waals surface area contributed by atoms with Gasteiger partial charge in [-0.05, 0) is 22.6 Å². The first-order valence-electron chi connectivity index (χ1n) is 5.66. The van der Waals surface area contributed by atoms with E-state index in [0.717, 1.165) is 21.9 Å². The van der Waals surface area contributed by atoms with Crippen LogP contribution in [0.3, 0.4) is 0 Å². The molecule has 0 saturated carbocycles. The minimum atomic E-state index is 0.916. The van der Waals surface area contributed by atoms with Gasteiger partial charge < -0.3 is 0 Å². The Bertz CT molecular complexity index is 800. The highest BCUT2D eigenvalue weighted by Crippen LogP contribution is 2.23. The van der Waals surface area contributed by atoms with Crippen LogP contribution in [0.4, 0.5) is 0 Å². The first-order chi connectivity index (χ1) is 9.40. The van der Waals surface area contributed by atoms with E-state index in [1.165, 1.54) is 0 Å². The summed E-state index contributed by atoms with van der Waals surface area (Å²) in [5.74, 6) is 0. The van der Waals surface area contributed by atoms with Gasteiger partial charge in [0, 0.05) is 23.3 Å². The summed E-state index contributed by atoms with van der Waals surface area (Å²) in [7, 11) is 0. The summed E-state index contributed by atoms with van der Waals surface area (Å²) < 4.78 is 3.64. The maximum absolute atomic E-state index is 4.59. The van der Waals surface area contributed by atoms with Crippen LogP contribution >= 0.6 is 11.3 Å². The van der Waals surface area contributed by atoms with Crippen LogP contribution in [0, 0.1) is 0 Å². The zero-order valence-corrected chi connectivity index (χ0v) is 10.5. The molecule has 6 nitrogen and oxygen atoms in total. The zero-order chi connectivity index (χ0) is 12.7. The van der Waals surface area contributed by atoms with E-state index in [0.29, 0.717) is 0 Å². The van der Waals surface area contributed by atoms with Crippen LogP contribution in [0.1, 0.15) is 0 Å². The maximum atomic E-state index is 4.59. The Labute approximate surface area is 112 Å². The van der Waals surface area contributed by atoms with Gasteiger partial charge in [-0.3, -0.25) is 4.40 Å². The topological polar surface area (TPSA) is 60.9 Å². The highest BCUT2D eigenvalue weighted by atomic mass is 32.1. The normalized spacial score (nSPS) is 11.2. The molecule has 0 bridgehead atoms. The lowest BCUT2D eigenvalue weighted by atomic mass is 10.1. The van der Waals surface area contributed by atoms with Gasteiger partial charge in [0.25, 0.3) is 0 Å². The second-order valence-electron chi connectivity index (χ2n) is 4.02. The van der Waals surface area contributed by atoms with E-state index < -0.39 is 0 Å². The minimum absolute atomic E-state index is 0.916. The summed E-state index contributed by atoms with van der Waals surface area (Å²) in [6.45, 7) is 0. The Morgan fingerprint density at radius 3 is 3.05 bits per heavy atom. The lowest BCUT2D eigenvalue weighted by molar-refractivity contribution is 0.789. The predicted octanol–water partition coefficient (Wildman–Crippen LogP) is 2.04. The fraction of sp³-hybridized carbons (Fsp3) is 0. The van der Waals surface area contributed by atoms with Crippen LogP contribution in [-0.2, 0) is 0 Å². The first-order valence-corrected chi connectivity index (χ1v) is 6.54. The lowest BCUT2D eigenvalue weighted by Crippen LogP contribution is -1.95. The van der Waals surface area contributed by atoms with Crippen molar-refractivity contribution in [3.8, 4) is 16.9 Å². The van der Waals surface area contributed by atoms with Crippen molar-refractivity contribution >= 4 is 16.3 Å². The molecule has 19 heavy (non-hydrogen) atoms. The number of nitrogens with zero attached hydrogens (tertiary/aromatic N) is 6. The van der Waals surface area contributed by atoms with E-state index in [4.69, 9.17) is 0 Å². The summed E-state index contributed by atoms with van der Waals surface area (Å²) in [6, 6.07) is 7.97. The maximum Gasteiger partial charge on any atom is 0.194 e. The number of aromatic nitrogens is 6. The number of imidazole rings is 1. The summed E-state index contributed by atoms with van der Waals surface area (Å²) in [5, 5.41) is 13.2. The number of fused-ring (bicyclic) bond motifs is 1. The monoisotopic (exact) mass is 268 g/mol. The molecule has 92 valence electrons. The van der Waals surface area contributed by atoms with Crippen molar-refractivity contribution in [2.24, 2.45) is 0 Å². The second kappa shape index (κ2) is 3.99. The van der Waals surface area contributed by atoms with Crippen LogP contribution in [0.2, 0.25) is 0 Å². The number of thiazole rings is 1. The summed E-state index contributed by atoms with van der Waals surface area (Å²) in [6.07, 6.45) is 5.59. The highest BCUT2D eigenvalue weighted by molar-refractivity contribution is 7.15. The first kappa shape index (κ1) is 10.4. The van der Waals surface area contributed by atoms with E-state index in [2.05, 4.69) is 20.5 Å². The molecule has 0 fully saturated rings. The molecular weight excluding hydrogens is 260 g/mol. The molecule has 7 heteroatoms. The molecule has 4 rings (SSSR count). The smallest absolute Gasteiger partial charge is 0.194 e. The van der Waals surface area contributed by atoms with Crippen molar-refractivity contribution in [3.63, 3.8) is 0 Å². The van der Waals surface area contributed by atoms with Gasteiger partial charge in [-0.15, -0.1) is 16.4 Å². The van der Waals surface area contributed by atoms with Crippen LogP contribution in [0.25, 0.3) is 21.9 Å². The Kier molecular flexibility index (Phi) is 2.18. The average Bonchev–Trinajstić information content (AvgIpc) is 3.15. The van der Waals surface area contributed by atoms with E-state index in [9.17, 15) is 0 Å². The van der Waals surface area contributed by atoms with E-state index in [1.54, 1.807) is 22.3 Å². The Morgan fingerprint density at radius 1 is 1.21 bits per heavy atom. The van der Waals surface area contributed by atoms with E-state index in [1.807, 2.05) is 46.4 Å². The molecule has 0 saturated heterocycles. The molecule has 4 aromatic rings. The van der Waals surface area contributed by atoms with Gasteiger partial charge in [0.2, 0.25) is 0 Å². The summed E-state index contributed by atoms with van der Waals surface area (Å²) in [4.78, 5) is 5.57. The van der Waals surface area contributed by atoms with Gasteiger partial charge in [0.15, 0.2) is 4.96 Å². The van der Waals surface area contributed by atoms with Gasteiger partial charge >= 0.3 is 0 Å². The molecule has 0 N–H and O–H groups in total. The molecule has 0 aliphatic rings. The summed E-state index contributed by atoms with van der Waals surface area (Å²) in [5.41, 5.74) is 2.91. The molecule has 3 aromatic heterocycles. The standard InChI is InChI=1S/C12H8N6S/c1-2-9(6-10(3-1)18-8-13-15-16-18)11-7-17-4-5-19-12(17)14-11/h1-8H. The van der Waals surface area contributed by atoms with Crippen LogP contribution in [-0.4, -0.2) is 29.6 Å². The van der Waals surface area contributed by atoms with Crippen molar-refractivity contribution in [2.75, 3.05) is 0 Å². The second-order valence-corrected chi connectivity index (χ2v) is 4.90. The molecule has 0 spiro atoms. The predicted molar refractivity (Wildman–Crippen MR) is 71.2 cm³/mol. The van der Waals surface area contributed by atoms with Crippen LogP contribution < -0.4 is 0 Å². The quantitative estimate of drug-likeness (QED) is 0.558. The largest absolute Gasteiger partial charge is 0.297 e. The molecule has 3 heterocycles. The van der Waals surface area contributed by atoms with Crippen LogP contribution in [0.15, 0.2) is 48.4 Å². The number of hydrogen-bond donors (Lipinski definition) is 0. The molecule has 0 aliphatic carbocycles. The fourth-order valence-electron chi connectivity index (χ4n) is 1.95. The van der Waals surface area contributed by atoms with Crippen molar-refractivity contribution < 1.29 is 0 Å². The molecule has 1 aromatic carbocycles. The average molecular weight is 268 g/mol. The van der Waals surface area contributed by atoms with Crippen molar-refractivity contribution in [1.82, 2.24) is 29.6 Å². The minimum Gasteiger partial charge on any atom is -0.297 e. The molecule has 0 aliphatic heterocycles. The van der Waals surface area contributed by atoms with Crippen LogP contribution in [0.5, 0.6) is 0 Å². The molecule has 0 amide bonds. The molecule has 0 atom stereocenters. The fourth-order valence-corrected chi connectivity index (χ4v) is 2.65. The highest BCUT2D eigenvalue weighted by Gasteiger charge is 2.06. The molecule has 0 radical (unpaired) electrons. The lowest BCUT2D eigenvalue weighted by Gasteiger charge is -2.01. The third kappa shape index (κ3) is 1.71. The number of hydrogen-bond acceptors (Lipinski definition) is 5. The van der Waals surface area contributed by atoms with Crippen molar-refractivity contribution in [3.05, 3.63) is 48.4 Å². The summed E-state index contributed by atoms with van der Waals surface area (Å²) >= 11 is 1.62. The Morgan fingerprint density at radius 2 is 2.21 bits per heavy atom. The number of tetrazole rings is 1. The molecular formula is C12H8N6S. The van der Waals surface area contributed by atoms with Gasteiger partial charge in [0.1, 0.15) is 6.33 Å². The van der Waals surface area contributed by atoms with Gasteiger partial charge in [-0.2, -0.15) is 0 Å². The van der Waals surface area contributed by atoms with Crippen molar-refractivity contribution in [1.29, 1.82) is 0 Å². The zero-order valence-electron chi connectivity index (χ0n) is 9.71. The molecule has 0 unspecified atom stereocenters. The Hall–Kier alpha value is -2.54. The van der Waals surface area contributed by atoms with Crippen molar-refractivity contribution in [2.45, 2.75) is 0 Å². The third-order valence-corrected chi connectivity index (χ3v) is 3.62. The Balaban J connectivity index is 1.83. The number of benzene rings is 1. The van der Waals surface area contributed by atoms with E-state index in [-0.39, 0.29) is 0 Å². The van der Waals surface area contributed by atoms with Gasteiger partial charge in [-0.25, -0.2) is 9.67 Å². The van der Waals surface area contributed by atoms with Gasteiger partial charge in [-0.1, -0.05) is 12.1 Å². The SMILES string of the molecule is c1cc(-c2cn3ccsc3n2)cc(-n2cnnn2)c1. The van der Waals surface area contributed by atoms with Gasteiger partial charge in [0.05, 0.1) is 11.4 Å². The third-order valence-electron chi connectivity index (χ3n) is 2.85. The van der Waals surface area contributed by atoms with E-state index >= 15 is 0 Å². The number of rotatable bonds is 2.